The molecule has 0 spiro atoms. The smallest absolute Gasteiger partial charge is 0.157 e. The molecule has 3 nitrogen and oxygen atoms in total. The topological polar surface area (TPSA) is 42.2 Å². The summed E-state index contributed by atoms with van der Waals surface area (Å²) in [4.78, 5) is 0. The number of nitrogens with zero attached hydrogens (tertiary/aromatic N) is 1. The van der Waals surface area contributed by atoms with Gasteiger partial charge in [-0.2, -0.15) is 5.26 Å². The molecular weight excluding hydrogens is 233 g/mol. The van der Waals surface area contributed by atoms with E-state index in [0.29, 0.717) is 0 Å². The molecule has 0 aromatic heterocycles. The van der Waals surface area contributed by atoms with Crippen molar-refractivity contribution in [1.29, 1.82) is 5.26 Å². The van der Waals surface area contributed by atoms with Crippen molar-refractivity contribution in [3.8, 4) is 6.07 Å². The first-order chi connectivity index (χ1) is 8.10. The molecule has 1 aliphatic carbocycles. The molecule has 0 bridgehead atoms. The van der Waals surface area contributed by atoms with E-state index in [1.807, 2.05) is 19.1 Å². The van der Waals surface area contributed by atoms with Gasteiger partial charge >= 0.3 is 0 Å². The zero-order chi connectivity index (χ0) is 12.3. The normalized spacial score (nSPS) is 34.9. The standard InChI is InChI=1S/C13H14NO2P/c1-4-13-10-6-5-9(7-14)8(2)11(10)12(13,3)15-17-16-13/h5-6,17H,4H2,1-3H3. The monoisotopic (exact) mass is 247 g/mol. The third-order valence-electron chi connectivity index (χ3n) is 4.23. The van der Waals surface area contributed by atoms with E-state index in [4.69, 9.17) is 14.3 Å². The lowest BCUT2D eigenvalue weighted by Crippen LogP contribution is -2.55. The maximum atomic E-state index is 9.08. The van der Waals surface area contributed by atoms with Gasteiger partial charge < -0.3 is 9.05 Å². The van der Waals surface area contributed by atoms with E-state index in [1.54, 1.807) is 0 Å². The first-order valence-corrected chi connectivity index (χ1v) is 6.58. The Hall–Kier alpha value is -0.940. The van der Waals surface area contributed by atoms with Crippen molar-refractivity contribution < 1.29 is 9.05 Å². The highest BCUT2D eigenvalue weighted by atomic mass is 31.1. The van der Waals surface area contributed by atoms with Crippen LogP contribution in [0.2, 0.25) is 0 Å². The summed E-state index contributed by atoms with van der Waals surface area (Å²) < 4.78 is 11.7. The van der Waals surface area contributed by atoms with Crippen LogP contribution in [0.4, 0.5) is 0 Å². The van der Waals surface area contributed by atoms with Crippen LogP contribution in [0.15, 0.2) is 12.1 Å². The number of nitriles is 1. The number of fused-ring (bicyclic) bond motifs is 4. The van der Waals surface area contributed by atoms with Crippen LogP contribution >= 0.6 is 9.03 Å². The van der Waals surface area contributed by atoms with Crippen molar-refractivity contribution in [2.75, 3.05) is 0 Å². The van der Waals surface area contributed by atoms with Crippen LogP contribution in [-0.2, 0) is 20.2 Å². The van der Waals surface area contributed by atoms with Crippen LogP contribution in [0.3, 0.4) is 0 Å². The molecule has 0 saturated carbocycles. The Morgan fingerprint density at radius 1 is 1.41 bits per heavy atom. The van der Waals surface area contributed by atoms with Gasteiger partial charge in [-0.25, -0.2) is 0 Å². The lowest BCUT2D eigenvalue weighted by molar-refractivity contribution is -0.0863. The Kier molecular flexibility index (Phi) is 2.16. The van der Waals surface area contributed by atoms with E-state index < -0.39 is 0 Å². The highest BCUT2D eigenvalue weighted by molar-refractivity contribution is 7.26. The predicted molar refractivity (Wildman–Crippen MR) is 65.7 cm³/mol. The SMILES string of the molecule is CCC12OPOC1(C)c1c2ccc(C#N)c1C. The molecule has 3 atom stereocenters. The summed E-state index contributed by atoms with van der Waals surface area (Å²) in [5.41, 5.74) is 3.46. The number of hydrogen-bond acceptors (Lipinski definition) is 3. The molecule has 17 heavy (non-hydrogen) atoms. The van der Waals surface area contributed by atoms with E-state index in [1.165, 1.54) is 5.56 Å². The molecule has 88 valence electrons. The second kappa shape index (κ2) is 3.29. The lowest BCUT2D eigenvalue weighted by atomic mass is 9.58. The highest BCUT2D eigenvalue weighted by Gasteiger charge is 2.66. The minimum Gasteiger partial charge on any atom is -0.322 e. The molecule has 3 rings (SSSR count). The molecule has 1 aliphatic heterocycles. The maximum absolute atomic E-state index is 9.08. The van der Waals surface area contributed by atoms with Gasteiger partial charge in [-0.1, -0.05) is 13.0 Å². The van der Waals surface area contributed by atoms with Gasteiger partial charge in [0.2, 0.25) is 0 Å². The predicted octanol–water partition coefficient (Wildman–Crippen LogP) is 3.26. The van der Waals surface area contributed by atoms with Gasteiger partial charge in [-0.15, -0.1) is 0 Å². The van der Waals surface area contributed by atoms with E-state index >= 15 is 0 Å². The van der Waals surface area contributed by atoms with Crippen molar-refractivity contribution in [1.82, 2.24) is 0 Å². The summed E-state index contributed by atoms with van der Waals surface area (Å²) >= 11 is 0. The van der Waals surface area contributed by atoms with Crippen molar-refractivity contribution in [3.63, 3.8) is 0 Å². The Balaban J connectivity index is 2.28. The molecule has 0 amide bonds. The summed E-state index contributed by atoms with van der Waals surface area (Å²) in [6, 6.07) is 6.13. The van der Waals surface area contributed by atoms with Crippen LogP contribution in [0.25, 0.3) is 0 Å². The van der Waals surface area contributed by atoms with E-state index in [0.717, 1.165) is 23.1 Å². The number of hydrogen-bond donors (Lipinski definition) is 0. The molecule has 0 N–H and O–H groups in total. The molecule has 1 aromatic carbocycles. The van der Waals surface area contributed by atoms with Crippen molar-refractivity contribution in [2.24, 2.45) is 0 Å². The van der Waals surface area contributed by atoms with Gasteiger partial charge in [0, 0.05) is 0 Å². The fourth-order valence-corrected chi connectivity index (χ4v) is 4.31. The van der Waals surface area contributed by atoms with E-state index in [-0.39, 0.29) is 20.2 Å². The van der Waals surface area contributed by atoms with Crippen LogP contribution in [0.5, 0.6) is 0 Å². The summed E-state index contributed by atoms with van der Waals surface area (Å²) in [6.45, 7) is 6.19. The van der Waals surface area contributed by atoms with Crippen molar-refractivity contribution >= 4 is 9.03 Å². The summed E-state index contributed by atoms with van der Waals surface area (Å²) in [7, 11) is 0.0879. The molecule has 0 radical (unpaired) electrons. The molecule has 1 aromatic rings. The maximum Gasteiger partial charge on any atom is 0.157 e. The summed E-state index contributed by atoms with van der Waals surface area (Å²) in [5.74, 6) is 0. The fraction of sp³-hybridized carbons (Fsp3) is 0.462. The fourth-order valence-electron chi connectivity index (χ4n) is 3.24. The van der Waals surface area contributed by atoms with Crippen molar-refractivity contribution in [3.05, 3.63) is 34.4 Å². The van der Waals surface area contributed by atoms with Gasteiger partial charge in [0.15, 0.2) is 9.03 Å². The average molecular weight is 247 g/mol. The largest absolute Gasteiger partial charge is 0.322 e. The second-order valence-corrected chi connectivity index (χ2v) is 5.35. The molecular formula is C13H14NO2P. The zero-order valence-electron chi connectivity index (χ0n) is 10.1. The Labute approximate surface area is 103 Å². The Morgan fingerprint density at radius 2 is 2.18 bits per heavy atom. The summed E-state index contributed by atoms with van der Waals surface area (Å²) in [6.07, 6.45) is 0.898. The van der Waals surface area contributed by atoms with Crippen LogP contribution in [0.1, 0.15) is 42.5 Å². The van der Waals surface area contributed by atoms with Gasteiger partial charge in [0.25, 0.3) is 0 Å². The minimum absolute atomic E-state index is 0.0879. The zero-order valence-corrected chi connectivity index (χ0v) is 11.1. The van der Waals surface area contributed by atoms with Crippen molar-refractivity contribution in [2.45, 2.75) is 38.4 Å². The van der Waals surface area contributed by atoms with Gasteiger partial charge in [0.1, 0.15) is 11.2 Å². The lowest BCUT2D eigenvalue weighted by Gasteiger charge is -2.52. The molecule has 3 unspecified atom stereocenters. The van der Waals surface area contributed by atoms with Crippen LogP contribution in [-0.4, -0.2) is 0 Å². The third-order valence-corrected chi connectivity index (χ3v) is 5.15. The highest BCUT2D eigenvalue weighted by Crippen LogP contribution is 2.68. The quantitative estimate of drug-likeness (QED) is 0.715. The minimum atomic E-state index is -0.369. The van der Waals surface area contributed by atoms with Gasteiger partial charge in [-0.3, -0.25) is 0 Å². The first-order valence-electron chi connectivity index (χ1n) is 5.76. The van der Waals surface area contributed by atoms with E-state index in [2.05, 4.69) is 19.9 Å². The third kappa shape index (κ3) is 1.03. The average Bonchev–Trinajstić information content (AvgIpc) is 2.60. The molecule has 2 aliphatic rings. The van der Waals surface area contributed by atoms with Gasteiger partial charge in [-0.05, 0) is 43.0 Å². The van der Waals surface area contributed by atoms with E-state index in [9.17, 15) is 0 Å². The number of benzene rings is 1. The first kappa shape index (κ1) is 11.2. The molecule has 1 saturated heterocycles. The Morgan fingerprint density at radius 3 is 2.82 bits per heavy atom. The Bertz CT molecular complexity index is 551. The molecule has 1 fully saturated rings. The summed E-state index contributed by atoms with van der Waals surface area (Å²) in [5, 5.41) is 9.08. The van der Waals surface area contributed by atoms with Gasteiger partial charge in [0.05, 0.1) is 11.6 Å². The number of rotatable bonds is 1. The molecule has 4 heteroatoms. The second-order valence-electron chi connectivity index (χ2n) is 4.77. The molecule has 1 heterocycles. The van der Waals surface area contributed by atoms with Crippen LogP contribution in [0, 0.1) is 18.3 Å². The van der Waals surface area contributed by atoms with Crippen LogP contribution < -0.4 is 0 Å².